The van der Waals surface area contributed by atoms with E-state index in [0.29, 0.717) is 6.42 Å². The van der Waals surface area contributed by atoms with Gasteiger partial charge in [0.2, 0.25) is 0 Å². The van der Waals surface area contributed by atoms with Crippen LogP contribution in [0, 0.1) is 0 Å². The second-order valence-electron chi connectivity index (χ2n) is 5.88. The molecule has 3 rings (SSSR count). The number of ether oxygens (including phenoxy) is 1. The number of likely N-dealkylation sites (N-methyl/N-ethyl adjacent to an activating group) is 1. The third kappa shape index (κ3) is 2.40. The van der Waals surface area contributed by atoms with Gasteiger partial charge in [-0.2, -0.15) is 0 Å². The highest BCUT2D eigenvalue weighted by atomic mass is 16.5. The first-order valence-electron chi connectivity index (χ1n) is 7.43. The van der Waals surface area contributed by atoms with E-state index in [1.165, 1.54) is 6.42 Å². The zero-order chi connectivity index (χ0) is 14.1. The Morgan fingerprint density at radius 3 is 2.80 bits per heavy atom. The molecule has 1 aromatic rings. The maximum Gasteiger partial charge on any atom is 0.264 e. The van der Waals surface area contributed by atoms with Crippen LogP contribution in [0.25, 0.3) is 0 Å². The predicted octanol–water partition coefficient (Wildman–Crippen LogP) is 1.72. The van der Waals surface area contributed by atoms with Crippen LogP contribution in [0.1, 0.15) is 31.2 Å². The zero-order valence-electron chi connectivity index (χ0n) is 11.9. The van der Waals surface area contributed by atoms with Crippen molar-refractivity contribution in [1.82, 2.24) is 4.90 Å². The first kappa shape index (κ1) is 13.4. The van der Waals surface area contributed by atoms with Gasteiger partial charge >= 0.3 is 0 Å². The number of rotatable bonds is 2. The van der Waals surface area contributed by atoms with Crippen molar-refractivity contribution in [2.75, 3.05) is 7.05 Å². The van der Waals surface area contributed by atoms with Gasteiger partial charge in [0.1, 0.15) is 5.75 Å². The number of para-hydroxylation sites is 1. The highest BCUT2D eigenvalue weighted by Crippen LogP contribution is 2.30. The molecule has 2 aliphatic rings. The fraction of sp³-hybridized carbons (Fsp3) is 0.562. The molecule has 108 valence electrons. The van der Waals surface area contributed by atoms with Crippen LogP contribution < -0.4 is 10.5 Å². The molecule has 20 heavy (non-hydrogen) atoms. The fourth-order valence-corrected chi connectivity index (χ4v) is 3.33. The number of carbonyl (C=O) groups excluding carboxylic acids is 1. The number of nitrogens with zero attached hydrogens (tertiary/aromatic N) is 1. The summed E-state index contributed by atoms with van der Waals surface area (Å²) >= 11 is 0. The number of fused-ring (bicyclic) bond motifs is 1. The van der Waals surface area contributed by atoms with E-state index >= 15 is 0 Å². The first-order valence-corrected chi connectivity index (χ1v) is 7.43. The molecule has 3 atom stereocenters. The molecule has 1 fully saturated rings. The summed E-state index contributed by atoms with van der Waals surface area (Å²) in [7, 11) is 1.87. The van der Waals surface area contributed by atoms with Crippen LogP contribution in [0.15, 0.2) is 24.3 Å². The van der Waals surface area contributed by atoms with Crippen LogP contribution in [0.2, 0.25) is 0 Å². The van der Waals surface area contributed by atoms with Gasteiger partial charge in [0.05, 0.1) is 0 Å². The quantitative estimate of drug-likeness (QED) is 0.893. The van der Waals surface area contributed by atoms with Gasteiger partial charge in [-0.05, 0) is 24.5 Å². The Labute approximate surface area is 119 Å². The van der Waals surface area contributed by atoms with Gasteiger partial charge in [-0.15, -0.1) is 0 Å². The minimum atomic E-state index is -0.383. The van der Waals surface area contributed by atoms with E-state index in [9.17, 15) is 4.79 Å². The van der Waals surface area contributed by atoms with Gasteiger partial charge in [0.15, 0.2) is 6.10 Å². The summed E-state index contributed by atoms with van der Waals surface area (Å²) in [4.78, 5) is 14.4. The number of hydrogen-bond donors (Lipinski definition) is 1. The highest BCUT2D eigenvalue weighted by molar-refractivity contribution is 5.82. The summed E-state index contributed by atoms with van der Waals surface area (Å²) in [5, 5.41) is 0. The standard InChI is InChI=1S/C16H22N2O2/c1-18(13-8-4-3-7-12(13)17)16(19)15-10-11-6-2-5-9-14(11)20-15/h2,5-6,9,12-13,15H,3-4,7-8,10,17H2,1H3. The topological polar surface area (TPSA) is 55.6 Å². The van der Waals surface area contributed by atoms with Crippen LogP contribution in [0.3, 0.4) is 0 Å². The maximum absolute atomic E-state index is 12.6. The molecular weight excluding hydrogens is 252 g/mol. The van der Waals surface area contributed by atoms with Crippen molar-refractivity contribution in [2.45, 2.75) is 50.3 Å². The number of carbonyl (C=O) groups is 1. The second kappa shape index (κ2) is 5.44. The summed E-state index contributed by atoms with van der Waals surface area (Å²) in [6, 6.07) is 8.12. The molecular formula is C16H22N2O2. The molecule has 2 N–H and O–H groups in total. The van der Waals surface area contributed by atoms with Crippen molar-refractivity contribution < 1.29 is 9.53 Å². The molecule has 0 aromatic heterocycles. The van der Waals surface area contributed by atoms with Gasteiger partial charge < -0.3 is 15.4 Å². The summed E-state index contributed by atoms with van der Waals surface area (Å²) in [5.41, 5.74) is 7.28. The van der Waals surface area contributed by atoms with Gasteiger partial charge in [-0.3, -0.25) is 4.79 Å². The second-order valence-corrected chi connectivity index (χ2v) is 5.88. The average molecular weight is 274 g/mol. The SMILES string of the molecule is CN(C(=O)C1Cc2ccccc2O1)C1CCCCC1N. The van der Waals surface area contributed by atoms with Crippen molar-refractivity contribution in [2.24, 2.45) is 5.73 Å². The van der Waals surface area contributed by atoms with Gasteiger partial charge in [0, 0.05) is 25.6 Å². The summed E-state index contributed by atoms with van der Waals surface area (Å²) in [5.74, 6) is 0.899. The van der Waals surface area contributed by atoms with E-state index in [4.69, 9.17) is 10.5 Å². The van der Waals surface area contributed by atoms with Crippen LogP contribution in [0.5, 0.6) is 5.75 Å². The Morgan fingerprint density at radius 2 is 2.05 bits per heavy atom. The minimum absolute atomic E-state index is 0.0588. The van der Waals surface area contributed by atoms with E-state index < -0.39 is 0 Å². The largest absolute Gasteiger partial charge is 0.480 e. The van der Waals surface area contributed by atoms with E-state index in [-0.39, 0.29) is 24.1 Å². The van der Waals surface area contributed by atoms with Gasteiger partial charge in [-0.25, -0.2) is 0 Å². The van der Waals surface area contributed by atoms with Crippen molar-refractivity contribution in [1.29, 1.82) is 0 Å². The van der Waals surface area contributed by atoms with E-state index in [0.717, 1.165) is 30.6 Å². The number of benzene rings is 1. The lowest BCUT2D eigenvalue weighted by Gasteiger charge is -2.36. The predicted molar refractivity (Wildman–Crippen MR) is 77.6 cm³/mol. The first-order chi connectivity index (χ1) is 9.66. The van der Waals surface area contributed by atoms with Crippen molar-refractivity contribution in [3.05, 3.63) is 29.8 Å². The Kier molecular flexibility index (Phi) is 3.66. The lowest BCUT2D eigenvalue weighted by atomic mass is 9.90. The molecule has 3 unspecified atom stereocenters. The highest BCUT2D eigenvalue weighted by Gasteiger charge is 2.35. The van der Waals surface area contributed by atoms with Gasteiger partial charge in [0.25, 0.3) is 5.91 Å². The molecule has 1 saturated carbocycles. The third-order valence-electron chi connectivity index (χ3n) is 4.55. The summed E-state index contributed by atoms with van der Waals surface area (Å²) < 4.78 is 5.78. The number of hydrogen-bond acceptors (Lipinski definition) is 3. The van der Waals surface area contributed by atoms with Gasteiger partial charge in [-0.1, -0.05) is 31.0 Å². The van der Waals surface area contributed by atoms with Crippen LogP contribution >= 0.6 is 0 Å². The molecule has 1 aliphatic heterocycles. The van der Waals surface area contributed by atoms with Crippen molar-refractivity contribution >= 4 is 5.91 Å². The molecule has 4 nitrogen and oxygen atoms in total. The van der Waals surface area contributed by atoms with Crippen LogP contribution in [-0.2, 0) is 11.2 Å². The average Bonchev–Trinajstić information content (AvgIpc) is 2.90. The smallest absolute Gasteiger partial charge is 0.264 e. The molecule has 4 heteroatoms. The molecule has 0 radical (unpaired) electrons. The molecule has 1 aromatic carbocycles. The zero-order valence-corrected chi connectivity index (χ0v) is 11.9. The molecule has 0 spiro atoms. The Morgan fingerprint density at radius 1 is 1.30 bits per heavy atom. The molecule has 1 heterocycles. The third-order valence-corrected chi connectivity index (χ3v) is 4.55. The molecule has 0 bridgehead atoms. The Bertz CT molecular complexity index is 478. The number of nitrogens with two attached hydrogens (primary N) is 1. The normalized spacial score (nSPS) is 28.6. The summed E-state index contributed by atoms with van der Waals surface area (Å²) in [6.07, 6.45) is 4.62. The number of amides is 1. The van der Waals surface area contributed by atoms with Crippen LogP contribution in [-0.4, -0.2) is 36.0 Å². The van der Waals surface area contributed by atoms with Crippen molar-refractivity contribution in [3.8, 4) is 5.75 Å². The minimum Gasteiger partial charge on any atom is -0.480 e. The molecule has 1 amide bonds. The van der Waals surface area contributed by atoms with E-state index in [1.807, 2.05) is 36.2 Å². The molecule has 0 saturated heterocycles. The van der Waals surface area contributed by atoms with Crippen molar-refractivity contribution in [3.63, 3.8) is 0 Å². The fourth-order valence-electron chi connectivity index (χ4n) is 3.33. The van der Waals surface area contributed by atoms with E-state index in [2.05, 4.69) is 0 Å². The monoisotopic (exact) mass is 274 g/mol. The maximum atomic E-state index is 12.6. The lowest BCUT2D eigenvalue weighted by molar-refractivity contribution is -0.139. The Balaban J connectivity index is 1.68. The van der Waals surface area contributed by atoms with E-state index in [1.54, 1.807) is 0 Å². The van der Waals surface area contributed by atoms with Crippen LogP contribution in [0.4, 0.5) is 0 Å². The summed E-state index contributed by atoms with van der Waals surface area (Å²) in [6.45, 7) is 0. The lowest BCUT2D eigenvalue weighted by Crippen LogP contribution is -2.53. The Hall–Kier alpha value is -1.55. The molecule has 1 aliphatic carbocycles.